The quantitative estimate of drug-likeness (QED) is 0.598. The number of halogens is 1. The van der Waals surface area contributed by atoms with Gasteiger partial charge < -0.3 is 4.90 Å². The molecule has 0 aromatic carbocycles. The number of nitrogens with zero attached hydrogens (tertiary/aromatic N) is 1. The van der Waals surface area contributed by atoms with Gasteiger partial charge in [0.25, 0.3) is 0 Å². The summed E-state index contributed by atoms with van der Waals surface area (Å²) < 4.78 is 0. The lowest BCUT2D eigenvalue weighted by atomic mass is 10.2. The van der Waals surface area contributed by atoms with Crippen molar-refractivity contribution in [3.8, 4) is 0 Å². The average Bonchev–Trinajstić information content (AvgIpc) is 2.00. The summed E-state index contributed by atoms with van der Waals surface area (Å²) in [5.74, 6) is 2.60. The average molecular weight is 196 g/mol. The van der Waals surface area contributed by atoms with Crippen LogP contribution in [-0.2, 0) is 0 Å². The van der Waals surface area contributed by atoms with Crippen molar-refractivity contribution in [1.29, 1.82) is 0 Å². The van der Waals surface area contributed by atoms with Gasteiger partial charge in [-0.25, -0.2) is 0 Å². The van der Waals surface area contributed by atoms with E-state index in [0.717, 1.165) is 12.4 Å². The minimum absolute atomic E-state index is 0.614. The number of hydrogen-bond acceptors (Lipinski definition) is 2. The first kappa shape index (κ1) is 11.6. The lowest BCUT2D eigenvalue weighted by Crippen LogP contribution is -2.27. The molecule has 1 unspecified atom stereocenters. The van der Waals surface area contributed by atoms with Gasteiger partial charge in [-0.1, -0.05) is 6.92 Å². The fourth-order valence-electron chi connectivity index (χ4n) is 0.919. The van der Waals surface area contributed by atoms with Crippen LogP contribution in [0.4, 0.5) is 0 Å². The predicted molar refractivity (Wildman–Crippen MR) is 55.8 cm³/mol. The topological polar surface area (TPSA) is 3.24 Å². The van der Waals surface area contributed by atoms with Crippen molar-refractivity contribution < 1.29 is 0 Å². The Morgan fingerprint density at radius 1 is 1.55 bits per heavy atom. The Labute approximate surface area is 79.5 Å². The zero-order chi connectivity index (χ0) is 8.69. The fraction of sp³-hybridized carbons (Fsp3) is 1.00. The van der Waals surface area contributed by atoms with Crippen molar-refractivity contribution in [2.45, 2.75) is 6.92 Å². The Bertz CT molecular complexity index is 90.2. The SMILES string of the molecule is CSCCN(C)CC(C)CCl. The first-order valence-electron chi connectivity index (χ1n) is 3.94. The lowest BCUT2D eigenvalue weighted by molar-refractivity contribution is 0.314. The first-order valence-corrected chi connectivity index (χ1v) is 5.87. The highest BCUT2D eigenvalue weighted by Gasteiger charge is 2.03. The van der Waals surface area contributed by atoms with E-state index in [9.17, 15) is 0 Å². The molecule has 0 fully saturated rings. The molecule has 0 heterocycles. The highest BCUT2D eigenvalue weighted by Crippen LogP contribution is 2.01. The summed E-state index contributed by atoms with van der Waals surface area (Å²) in [5, 5.41) is 0. The first-order chi connectivity index (χ1) is 5.20. The molecule has 0 spiro atoms. The normalized spacial score (nSPS) is 13.9. The third-order valence-electron chi connectivity index (χ3n) is 1.56. The van der Waals surface area contributed by atoms with Crippen LogP contribution < -0.4 is 0 Å². The third kappa shape index (κ3) is 6.98. The maximum atomic E-state index is 5.70. The van der Waals surface area contributed by atoms with Crippen LogP contribution in [-0.4, -0.2) is 42.9 Å². The van der Waals surface area contributed by atoms with Gasteiger partial charge in [0.15, 0.2) is 0 Å². The lowest BCUT2D eigenvalue weighted by Gasteiger charge is -2.18. The number of alkyl halides is 1. The Hall–Kier alpha value is 0.600. The molecule has 0 aromatic heterocycles. The number of thioether (sulfide) groups is 1. The van der Waals surface area contributed by atoms with Crippen LogP contribution in [0.25, 0.3) is 0 Å². The molecule has 0 aromatic rings. The second-order valence-corrected chi connectivity index (χ2v) is 4.31. The van der Waals surface area contributed by atoms with Crippen molar-refractivity contribution in [3.63, 3.8) is 0 Å². The van der Waals surface area contributed by atoms with Crippen LogP contribution in [0, 0.1) is 5.92 Å². The molecule has 0 amide bonds. The molecule has 0 aliphatic carbocycles. The van der Waals surface area contributed by atoms with Gasteiger partial charge in [-0.05, 0) is 19.2 Å². The summed E-state index contributed by atoms with van der Waals surface area (Å²) in [6, 6.07) is 0. The molecule has 0 bridgehead atoms. The molecular weight excluding hydrogens is 178 g/mol. The van der Waals surface area contributed by atoms with Gasteiger partial charge in [0, 0.05) is 24.7 Å². The van der Waals surface area contributed by atoms with E-state index in [0.29, 0.717) is 5.92 Å². The molecule has 0 rings (SSSR count). The van der Waals surface area contributed by atoms with Gasteiger partial charge in [-0.15, -0.1) is 11.6 Å². The van der Waals surface area contributed by atoms with E-state index in [-0.39, 0.29) is 0 Å². The molecule has 1 atom stereocenters. The minimum Gasteiger partial charge on any atom is -0.305 e. The van der Waals surface area contributed by atoms with E-state index < -0.39 is 0 Å². The maximum Gasteiger partial charge on any atom is 0.0261 e. The highest BCUT2D eigenvalue weighted by atomic mass is 35.5. The van der Waals surface area contributed by atoms with Gasteiger partial charge >= 0.3 is 0 Å². The van der Waals surface area contributed by atoms with Gasteiger partial charge in [0.1, 0.15) is 0 Å². The summed E-state index contributed by atoms with van der Waals surface area (Å²) in [5.41, 5.74) is 0. The molecule has 0 N–H and O–H groups in total. The van der Waals surface area contributed by atoms with Crippen molar-refractivity contribution in [3.05, 3.63) is 0 Å². The summed E-state index contributed by atoms with van der Waals surface area (Å²) in [7, 11) is 2.15. The van der Waals surface area contributed by atoms with Crippen molar-refractivity contribution >= 4 is 23.4 Å². The minimum atomic E-state index is 0.614. The Kier molecular flexibility index (Phi) is 7.66. The summed E-state index contributed by atoms with van der Waals surface area (Å²) in [6.07, 6.45) is 2.14. The van der Waals surface area contributed by atoms with Gasteiger partial charge in [-0.2, -0.15) is 11.8 Å². The molecular formula is C8H18ClNS. The smallest absolute Gasteiger partial charge is 0.0261 e. The number of hydrogen-bond donors (Lipinski definition) is 0. The van der Waals surface area contributed by atoms with Crippen LogP contribution >= 0.6 is 23.4 Å². The van der Waals surface area contributed by atoms with E-state index in [2.05, 4.69) is 25.1 Å². The van der Waals surface area contributed by atoms with Crippen LogP contribution in [0.1, 0.15) is 6.92 Å². The van der Waals surface area contributed by atoms with Gasteiger partial charge in [0.05, 0.1) is 0 Å². The van der Waals surface area contributed by atoms with Crippen LogP contribution in [0.15, 0.2) is 0 Å². The molecule has 0 aliphatic heterocycles. The molecule has 0 saturated carbocycles. The predicted octanol–water partition coefficient (Wildman–Crippen LogP) is 2.16. The Morgan fingerprint density at radius 2 is 2.18 bits per heavy atom. The van der Waals surface area contributed by atoms with E-state index in [4.69, 9.17) is 11.6 Å². The number of rotatable bonds is 6. The van der Waals surface area contributed by atoms with Crippen LogP contribution in [0.5, 0.6) is 0 Å². The van der Waals surface area contributed by atoms with Crippen molar-refractivity contribution in [2.24, 2.45) is 5.92 Å². The van der Waals surface area contributed by atoms with E-state index in [1.165, 1.54) is 12.3 Å². The molecule has 11 heavy (non-hydrogen) atoms. The molecule has 0 radical (unpaired) electrons. The Balaban J connectivity index is 3.27. The second-order valence-electron chi connectivity index (χ2n) is 3.01. The molecule has 0 saturated heterocycles. The zero-order valence-electron chi connectivity index (χ0n) is 7.64. The van der Waals surface area contributed by atoms with Crippen molar-refractivity contribution in [1.82, 2.24) is 4.90 Å². The van der Waals surface area contributed by atoms with Crippen LogP contribution in [0.3, 0.4) is 0 Å². The third-order valence-corrected chi connectivity index (χ3v) is 2.68. The molecule has 1 nitrogen and oxygen atoms in total. The van der Waals surface area contributed by atoms with Gasteiger partial charge in [0.2, 0.25) is 0 Å². The standard InChI is InChI=1S/C8H18ClNS/c1-8(6-9)7-10(2)4-5-11-3/h8H,4-7H2,1-3H3. The van der Waals surface area contributed by atoms with E-state index in [1.807, 2.05) is 11.8 Å². The summed E-state index contributed by atoms with van der Waals surface area (Å²) in [4.78, 5) is 2.34. The zero-order valence-corrected chi connectivity index (χ0v) is 9.21. The Morgan fingerprint density at radius 3 is 2.64 bits per heavy atom. The molecule has 3 heteroatoms. The van der Waals surface area contributed by atoms with Gasteiger partial charge in [-0.3, -0.25) is 0 Å². The summed E-state index contributed by atoms with van der Waals surface area (Å²) in [6.45, 7) is 4.47. The highest BCUT2D eigenvalue weighted by molar-refractivity contribution is 7.98. The monoisotopic (exact) mass is 195 g/mol. The fourth-order valence-corrected chi connectivity index (χ4v) is 1.51. The van der Waals surface area contributed by atoms with E-state index in [1.54, 1.807) is 0 Å². The maximum absolute atomic E-state index is 5.70. The molecule has 68 valence electrons. The van der Waals surface area contributed by atoms with Crippen molar-refractivity contribution in [2.75, 3.05) is 38.0 Å². The second kappa shape index (κ2) is 7.26. The summed E-state index contributed by atoms with van der Waals surface area (Å²) >= 11 is 7.59. The van der Waals surface area contributed by atoms with E-state index >= 15 is 0 Å². The molecule has 0 aliphatic rings. The van der Waals surface area contributed by atoms with Crippen LogP contribution in [0.2, 0.25) is 0 Å². The largest absolute Gasteiger partial charge is 0.305 e.